The average Bonchev–Trinajstić information content (AvgIpc) is 2.46. The Morgan fingerprint density at radius 2 is 2.00 bits per heavy atom. The highest BCUT2D eigenvalue weighted by Gasteiger charge is 2.38. The summed E-state index contributed by atoms with van der Waals surface area (Å²) in [6.45, 7) is 1.89. The molecule has 1 aliphatic carbocycles. The summed E-state index contributed by atoms with van der Waals surface area (Å²) in [5, 5.41) is 9.49. The van der Waals surface area contributed by atoms with Gasteiger partial charge in [0.05, 0.1) is 17.1 Å². The van der Waals surface area contributed by atoms with Crippen LogP contribution in [0, 0.1) is 11.8 Å². The fourth-order valence-electron chi connectivity index (χ4n) is 2.57. The van der Waals surface area contributed by atoms with Gasteiger partial charge in [0.25, 0.3) is 0 Å². The lowest BCUT2D eigenvalue weighted by atomic mass is 9.80. The van der Waals surface area contributed by atoms with Gasteiger partial charge in [-0.1, -0.05) is 0 Å². The first-order chi connectivity index (χ1) is 6.16. The van der Waals surface area contributed by atoms with Crippen molar-refractivity contribution < 1.29 is 9.32 Å². The smallest absolute Gasteiger partial charge is 0.0910 e. The number of fused-ring (bicyclic) bond motifs is 1. The summed E-state index contributed by atoms with van der Waals surface area (Å²) in [6.07, 6.45) is 4.60. The Hall–Kier alpha value is 0.0700. The van der Waals surface area contributed by atoms with Gasteiger partial charge in [0.15, 0.2) is 0 Å². The first kappa shape index (κ1) is 9.62. The summed E-state index contributed by atoms with van der Waals surface area (Å²) in [6, 6.07) is 0. The Labute approximate surface area is 81.7 Å². The van der Waals surface area contributed by atoms with Gasteiger partial charge >= 0.3 is 0 Å². The lowest BCUT2D eigenvalue weighted by Crippen LogP contribution is -2.26. The molecule has 4 heteroatoms. The Morgan fingerprint density at radius 3 is 2.69 bits per heavy atom. The van der Waals surface area contributed by atoms with E-state index in [1.54, 1.807) is 6.26 Å². The lowest BCUT2D eigenvalue weighted by molar-refractivity contribution is 0.0866. The van der Waals surface area contributed by atoms with E-state index in [2.05, 4.69) is 0 Å². The van der Waals surface area contributed by atoms with Gasteiger partial charge in [0, 0.05) is 19.3 Å². The Morgan fingerprint density at radius 1 is 1.31 bits per heavy atom. The molecule has 2 fully saturated rings. The number of rotatable bonds is 1. The van der Waals surface area contributed by atoms with Gasteiger partial charge in [-0.15, -0.1) is 0 Å². The maximum Gasteiger partial charge on any atom is 0.0910 e. The van der Waals surface area contributed by atoms with E-state index in [0.29, 0.717) is 11.8 Å². The third-order valence-electron chi connectivity index (χ3n) is 3.35. The lowest BCUT2D eigenvalue weighted by Gasteiger charge is -2.27. The van der Waals surface area contributed by atoms with Crippen LogP contribution in [0.5, 0.6) is 0 Å². The van der Waals surface area contributed by atoms with Gasteiger partial charge in [0.2, 0.25) is 0 Å². The topological polar surface area (TPSA) is 40.5 Å². The standard InChI is InChI=1S/C9H17NO2S/c1-13(12)10-5-7-2-3-9(11)4-8(7)6-10/h7-9,11H,2-6H2,1H3. The van der Waals surface area contributed by atoms with Gasteiger partial charge in [-0.05, 0) is 31.1 Å². The monoisotopic (exact) mass is 203 g/mol. The summed E-state index contributed by atoms with van der Waals surface area (Å²) >= 11 is 0. The zero-order valence-corrected chi connectivity index (χ0v) is 8.80. The molecule has 0 radical (unpaired) electrons. The van der Waals surface area contributed by atoms with Crippen LogP contribution in [0.1, 0.15) is 19.3 Å². The van der Waals surface area contributed by atoms with Crippen molar-refractivity contribution in [2.45, 2.75) is 25.4 Å². The van der Waals surface area contributed by atoms with Gasteiger partial charge in [-0.2, -0.15) is 0 Å². The van der Waals surface area contributed by atoms with E-state index in [0.717, 1.165) is 32.4 Å². The highest BCUT2D eigenvalue weighted by atomic mass is 32.2. The number of hydrogen-bond donors (Lipinski definition) is 1. The van der Waals surface area contributed by atoms with E-state index in [1.165, 1.54) is 0 Å². The second kappa shape index (κ2) is 3.67. The van der Waals surface area contributed by atoms with Crippen molar-refractivity contribution in [1.82, 2.24) is 4.31 Å². The molecule has 4 atom stereocenters. The van der Waals surface area contributed by atoms with Crippen molar-refractivity contribution in [3.05, 3.63) is 0 Å². The van der Waals surface area contributed by atoms with E-state index >= 15 is 0 Å². The van der Waals surface area contributed by atoms with Crippen LogP contribution in [-0.4, -0.2) is 39.1 Å². The molecule has 0 bridgehead atoms. The second-order valence-corrected chi connectivity index (χ2v) is 5.62. The Balaban J connectivity index is 1.98. The molecule has 0 amide bonds. The molecule has 0 aromatic rings. The SMILES string of the molecule is CS(=O)N1CC2CCC(O)CC2C1. The predicted molar refractivity (Wildman–Crippen MR) is 52.5 cm³/mol. The molecule has 1 heterocycles. The van der Waals surface area contributed by atoms with Crippen molar-refractivity contribution in [3.8, 4) is 0 Å². The van der Waals surface area contributed by atoms with Crippen LogP contribution in [0.3, 0.4) is 0 Å². The Bertz CT molecular complexity index is 222. The summed E-state index contributed by atoms with van der Waals surface area (Å²) < 4.78 is 13.3. The largest absolute Gasteiger partial charge is 0.393 e. The van der Waals surface area contributed by atoms with E-state index in [1.807, 2.05) is 4.31 Å². The fourth-order valence-corrected chi connectivity index (χ4v) is 3.38. The first-order valence-corrected chi connectivity index (χ1v) is 6.45. The highest BCUT2D eigenvalue weighted by Crippen LogP contribution is 2.36. The van der Waals surface area contributed by atoms with Gasteiger partial charge in [-0.25, -0.2) is 8.51 Å². The molecule has 76 valence electrons. The quantitative estimate of drug-likeness (QED) is 0.669. The summed E-state index contributed by atoms with van der Waals surface area (Å²) in [7, 11) is -0.817. The molecule has 3 nitrogen and oxygen atoms in total. The molecule has 4 unspecified atom stereocenters. The predicted octanol–water partition coefficient (Wildman–Crippen LogP) is 0.373. The molecule has 0 aromatic carbocycles. The summed E-state index contributed by atoms with van der Waals surface area (Å²) in [4.78, 5) is 0. The molecule has 2 rings (SSSR count). The number of nitrogens with zero attached hydrogens (tertiary/aromatic N) is 1. The Kier molecular flexibility index (Phi) is 2.72. The van der Waals surface area contributed by atoms with E-state index < -0.39 is 11.0 Å². The van der Waals surface area contributed by atoms with Crippen molar-refractivity contribution in [3.63, 3.8) is 0 Å². The van der Waals surface area contributed by atoms with Crippen molar-refractivity contribution in [1.29, 1.82) is 0 Å². The molecule has 0 spiro atoms. The first-order valence-electron chi connectivity index (χ1n) is 4.93. The van der Waals surface area contributed by atoms with E-state index in [-0.39, 0.29) is 6.10 Å². The van der Waals surface area contributed by atoms with Crippen LogP contribution < -0.4 is 0 Å². The van der Waals surface area contributed by atoms with Gasteiger partial charge < -0.3 is 5.11 Å². The van der Waals surface area contributed by atoms with Crippen LogP contribution in [0.25, 0.3) is 0 Å². The molecule has 1 saturated heterocycles. The van der Waals surface area contributed by atoms with Crippen LogP contribution in [-0.2, 0) is 11.0 Å². The molecule has 1 N–H and O–H groups in total. The van der Waals surface area contributed by atoms with Crippen LogP contribution in [0.2, 0.25) is 0 Å². The number of aliphatic hydroxyl groups excluding tert-OH is 1. The second-order valence-electron chi connectivity index (χ2n) is 4.26. The minimum absolute atomic E-state index is 0.105. The van der Waals surface area contributed by atoms with Crippen LogP contribution >= 0.6 is 0 Å². The normalized spacial score (nSPS) is 43.1. The highest BCUT2D eigenvalue weighted by molar-refractivity contribution is 7.81. The third-order valence-corrected chi connectivity index (χ3v) is 4.38. The molecule has 1 aliphatic heterocycles. The van der Waals surface area contributed by atoms with Crippen LogP contribution in [0.4, 0.5) is 0 Å². The fraction of sp³-hybridized carbons (Fsp3) is 1.00. The van der Waals surface area contributed by atoms with Gasteiger partial charge in [-0.3, -0.25) is 0 Å². The maximum atomic E-state index is 11.2. The molecular formula is C9H17NO2S. The van der Waals surface area contributed by atoms with Crippen molar-refractivity contribution in [2.75, 3.05) is 19.3 Å². The number of hydrogen-bond acceptors (Lipinski definition) is 2. The van der Waals surface area contributed by atoms with Crippen LogP contribution in [0.15, 0.2) is 0 Å². The summed E-state index contributed by atoms with van der Waals surface area (Å²) in [5.41, 5.74) is 0. The minimum atomic E-state index is -0.817. The zero-order valence-electron chi connectivity index (χ0n) is 7.98. The zero-order chi connectivity index (χ0) is 9.42. The molecule has 1 saturated carbocycles. The summed E-state index contributed by atoms with van der Waals surface area (Å²) in [5.74, 6) is 1.28. The average molecular weight is 203 g/mol. The van der Waals surface area contributed by atoms with E-state index in [4.69, 9.17) is 0 Å². The van der Waals surface area contributed by atoms with Crippen molar-refractivity contribution >= 4 is 11.0 Å². The third kappa shape index (κ3) is 1.95. The maximum absolute atomic E-state index is 11.2. The molecule has 13 heavy (non-hydrogen) atoms. The molecule has 2 aliphatic rings. The van der Waals surface area contributed by atoms with Crippen molar-refractivity contribution in [2.24, 2.45) is 11.8 Å². The van der Waals surface area contributed by atoms with E-state index in [9.17, 15) is 9.32 Å². The van der Waals surface area contributed by atoms with Gasteiger partial charge in [0.1, 0.15) is 0 Å². The molecule has 0 aromatic heterocycles. The number of aliphatic hydroxyl groups is 1. The molecular weight excluding hydrogens is 186 g/mol. The minimum Gasteiger partial charge on any atom is -0.393 e.